The van der Waals surface area contributed by atoms with Crippen molar-refractivity contribution in [3.05, 3.63) is 12.7 Å². The monoisotopic (exact) mass is 241 g/mol. The van der Waals surface area contributed by atoms with Crippen molar-refractivity contribution in [3.63, 3.8) is 0 Å². The van der Waals surface area contributed by atoms with E-state index in [0.29, 0.717) is 19.5 Å². The molecule has 0 aromatic heterocycles. The maximum Gasteiger partial charge on any atom is 0.410 e. The molecule has 2 saturated heterocycles. The van der Waals surface area contributed by atoms with E-state index in [9.17, 15) is 9.59 Å². The van der Waals surface area contributed by atoms with Crippen LogP contribution in [0.1, 0.15) is 6.42 Å². The molecule has 0 aromatic rings. The van der Waals surface area contributed by atoms with Gasteiger partial charge >= 0.3 is 12.1 Å². The molecule has 0 radical (unpaired) electrons. The van der Waals surface area contributed by atoms with Gasteiger partial charge in [-0.25, -0.2) is 9.59 Å². The lowest BCUT2D eigenvalue weighted by atomic mass is 10.0. The third kappa shape index (κ3) is 2.41. The van der Waals surface area contributed by atoms with Crippen molar-refractivity contribution >= 4 is 12.1 Å². The van der Waals surface area contributed by atoms with Gasteiger partial charge in [-0.3, -0.25) is 0 Å². The summed E-state index contributed by atoms with van der Waals surface area (Å²) in [6.07, 6.45) is 0.676. The predicted octanol–water partition coefficient (Wildman–Crippen LogP) is 0.483. The molecule has 1 N–H and O–H groups in total. The summed E-state index contributed by atoms with van der Waals surface area (Å²) >= 11 is 0. The summed E-state index contributed by atoms with van der Waals surface area (Å²) in [4.78, 5) is 23.8. The van der Waals surface area contributed by atoms with Gasteiger partial charge in [0.05, 0.1) is 12.6 Å². The fourth-order valence-electron chi connectivity index (χ4n) is 2.29. The normalized spacial score (nSPS) is 31.1. The van der Waals surface area contributed by atoms with Gasteiger partial charge in [0.2, 0.25) is 0 Å². The van der Waals surface area contributed by atoms with E-state index in [0.717, 1.165) is 0 Å². The first-order valence-corrected chi connectivity index (χ1v) is 5.52. The number of amides is 1. The smallest absolute Gasteiger partial charge is 0.410 e. The van der Waals surface area contributed by atoms with E-state index in [-0.39, 0.29) is 18.6 Å². The molecule has 0 spiro atoms. The van der Waals surface area contributed by atoms with Crippen LogP contribution >= 0.6 is 0 Å². The molecular weight excluding hydrogens is 226 g/mol. The zero-order chi connectivity index (χ0) is 12.4. The number of hydrogen-bond donors (Lipinski definition) is 1. The third-order valence-electron chi connectivity index (χ3n) is 3.10. The summed E-state index contributed by atoms with van der Waals surface area (Å²) in [5.41, 5.74) is 0. The highest BCUT2D eigenvalue weighted by Gasteiger charge is 2.46. The first-order chi connectivity index (χ1) is 8.11. The van der Waals surface area contributed by atoms with Crippen LogP contribution in [-0.2, 0) is 14.3 Å². The Morgan fingerprint density at radius 1 is 1.53 bits per heavy atom. The van der Waals surface area contributed by atoms with E-state index in [1.54, 1.807) is 4.90 Å². The van der Waals surface area contributed by atoms with Crippen molar-refractivity contribution < 1.29 is 24.2 Å². The predicted molar refractivity (Wildman–Crippen MR) is 57.5 cm³/mol. The molecule has 2 aliphatic rings. The minimum Gasteiger partial charge on any atom is -0.479 e. The number of nitrogens with zero attached hydrogens (tertiary/aromatic N) is 1. The van der Waals surface area contributed by atoms with Crippen LogP contribution in [0.2, 0.25) is 0 Å². The third-order valence-corrected chi connectivity index (χ3v) is 3.10. The topological polar surface area (TPSA) is 76.1 Å². The molecule has 0 unspecified atom stereocenters. The van der Waals surface area contributed by atoms with Crippen molar-refractivity contribution in [3.8, 4) is 0 Å². The van der Waals surface area contributed by atoms with E-state index in [1.807, 2.05) is 0 Å². The van der Waals surface area contributed by atoms with Gasteiger partial charge in [0.15, 0.2) is 6.10 Å². The Bertz CT molecular complexity index is 329. The number of carboxylic acids is 1. The lowest BCUT2D eigenvalue weighted by Crippen LogP contribution is -2.33. The van der Waals surface area contributed by atoms with Crippen molar-refractivity contribution in [1.82, 2.24) is 4.90 Å². The Balaban J connectivity index is 1.85. The molecule has 17 heavy (non-hydrogen) atoms. The molecule has 6 nitrogen and oxygen atoms in total. The van der Waals surface area contributed by atoms with E-state index >= 15 is 0 Å². The van der Waals surface area contributed by atoms with Crippen LogP contribution in [0.4, 0.5) is 4.79 Å². The molecule has 6 heteroatoms. The summed E-state index contributed by atoms with van der Waals surface area (Å²) in [7, 11) is 0. The highest BCUT2D eigenvalue weighted by atomic mass is 16.6. The van der Waals surface area contributed by atoms with Gasteiger partial charge in [-0.2, -0.15) is 0 Å². The highest BCUT2D eigenvalue weighted by molar-refractivity contribution is 5.73. The second-order valence-electron chi connectivity index (χ2n) is 4.27. The number of ether oxygens (including phenoxy) is 2. The van der Waals surface area contributed by atoms with Gasteiger partial charge in [-0.1, -0.05) is 12.7 Å². The quantitative estimate of drug-likeness (QED) is 0.727. The largest absolute Gasteiger partial charge is 0.479 e. The second-order valence-corrected chi connectivity index (χ2v) is 4.27. The average Bonchev–Trinajstić information content (AvgIpc) is 2.82. The van der Waals surface area contributed by atoms with Gasteiger partial charge in [0.25, 0.3) is 0 Å². The van der Waals surface area contributed by atoms with E-state index < -0.39 is 18.2 Å². The molecular formula is C11H15NO5. The molecule has 0 bridgehead atoms. The maximum atomic E-state index is 11.5. The SMILES string of the molecule is C=CCOC(=O)N1C[C@@H]2C[C@@H](C(=O)O)O[C@@H]2C1. The summed E-state index contributed by atoms with van der Waals surface area (Å²) in [5, 5.41) is 8.82. The maximum absolute atomic E-state index is 11.5. The second kappa shape index (κ2) is 4.75. The van der Waals surface area contributed by atoms with Crippen LogP contribution in [0.15, 0.2) is 12.7 Å². The van der Waals surface area contributed by atoms with Gasteiger partial charge in [-0.05, 0) is 6.42 Å². The van der Waals surface area contributed by atoms with Gasteiger partial charge < -0.3 is 19.5 Å². The van der Waals surface area contributed by atoms with Crippen LogP contribution in [0.25, 0.3) is 0 Å². The molecule has 2 heterocycles. The van der Waals surface area contributed by atoms with Crippen LogP contribution in [-0.4, -0.2) is 54.0 Å². The Hall–Kier alpha value is -1.56. The van der Waals surface area contributed by atoms with Gasteiger partial charge in [0.1, 0.15) is 6.61 Å². The van der Waals surface area contributed by atoms with Crippen LogP contribution < -0.4 is 0 Å². The number of carbonyl (C=O) groups excluding carboxylic acids is 1. The Kier molecular flexibility index (Phi) is 3.33. The fraction of sp³-hybridized carbons (Fsp3) is 0.636. The van der Waals surface area contributed by atoms with Crippen LogP contribution in [0.3, 0.4) is 0 Å². The Morgan fingerprint density at radius 3 is 2.88 bits per heavy atom. The first kappa shape index (κ1) is 11.9. The van der Waals surface area contributed by atoms with E-state index in [1.165, 1.54) is 6.08 Å². The summed E-state index contributed by atoms with van der Waals surface area (Å²) in [6, 6.07) is 0. The minimum absolute atomic E-state index is 0.104. The molecule has 0 aliphatic carbocycles. The van der Waals surface area contributed by atoms with Crippen LogP contribution in [0.5, 0.6) is 0 Å². The summed E-state index contributed by atoms with van der Waals surface area (Å²) < 4.78 is 10.3. The lowest BCUT2D eigenvalue weighted by molar-refractivity contribution is -0.149. The molecule has 2 fully saturated rings. The number of rotatable bonds is 3. The average molecular weight is 241 g/mol. The van der Waals surface area contributed by atoms with E-state index in [4.69, 9.17) is 14.6 Å². The molecule has 3 atom stereocenters. The van der Waals surface area contributed by atoms with Gasteiger partial charge in [-0.15, -0.1) is 0 Å². The number of hydrogen-bond acceptors (Lipinski definition) is 4. The number of carboxylic acid groups (broad SMARTS) is 1. The van der Waals surface area contributed by atoms with Crippen molar-refractivity contribution in [2.75, 3.05) is 19.7 Å². The molecule has 0 saturated carbocycles. The highest BCUT2D eigenvalue weighted by Crippen LogP contribution is 2.33. The van der Waals surface area contributed by atoms with Crippen LogP contribution in [0, 0.1) is 5.92 Å². The standard InChI is InChI=1S/C11H15NO5/c1-2-3-16-11(15)12-5-7-4-8(10(13)14)17-9(7)6-12/h2,7-9H,1,3-6H2,(H,13,14)/t7-,8-,9+/m0/s1. The molecule has 94 valence electrons. The first-order valence-electron chi connectivity index (χ1n) is 5.52. The lowest BCUT2D eigenvalue weighted by Gasteiger charge is -2.17. The number of likely N-dealkylation sites (tertiary alicyclic amines) is 1. The Morgan fingerprint density at radius 2 is 2.29 bits per heavy atom. The molecule has 2 aliphatic heterocycles. The molecule has 2 rings (SSSR count). The van der Waals surface area contributed by atoms with Crippen molar-refractivity contribution in [2.45, 2.75) is 18.6 Å². The Labute approximate surface area is 98.8 Å². The summed E-state index contributed by atoms with van der Waals surface area (Å²) in [5.74, 6) is -0.826. The fourth-order valence-corrected chi connectivity index (χ4v) is 2.29. The number of fused-ring (bicyclic) bond motifs is 1. The van der Waals surface area contributed by atoms with Gasteiger partial charge in [0, 0.05) is 12.5 Å². The zero-order valence-corrected chi connectivity index (χ0v) is 9.37. The molecule has 1 amide bonds. The molecule has 0 aromatic carbocycles. The number of carbonyl (C=O) groups is 2. The van der Waals surface area contributed by atoms with E-state index in [2.05, 4.69) is 6.58 Å². The van der Waals surface area contributed by atoms with Crippen molar-refractivity contribution in [2.24, 2.45) is 5.92 Å². The number of aliphatic carboxylic acids is 1. The van der Waals surface area contributed by atoms with Crippen molar-refractivity contribution in [1.29, 1.82) is 0 Å². The minimum atomic E-state index is -0.930. The zero-order valence-electron chi connectivity index (χ0n) is 9.37. The summed E-state index contributed by atoms with van der Waals surface area (Å²) in [6.45, 7) is 4.56.